The van der Waals surface area contributed by atoms with Crippen LogP contribution in [0.1, 0.15) is 13.8 Å². The smallest absolute Gasteiger partial charge is 0.145 e. The molecule has 3 heteroatoms. The Labute approximate surface area is 71.9 Å². The second kappa shape index (κ2) is 3.97. The van der Waals surface area contributed by atoms with Crippen molar-refractivity contribution in [2.24, 2.45) is 0 Å². The first kappa shape index (κ1) is 8.87. The van der Waals surface area contributed by atoms with Gasteiger partial charge in [-0.1, -0.05) is 12.1 Å². The van der Waals surface area contributed by atoms with Crippen LogP contribution in [0.4, 0.5) is 5.69 Å². The maximum atomic E-state index is 8.70. The van der Waals surface area contributed by atoms with Crippen molar-refractivity contribution in [2.75, 3.05) is 5.48 Å². The number of anilines is 1. The zero-order valence-corrected chi connectivity index (χ0v) is 7.24. The van der Waals surface area contributed by atoms with Gasteiger partial charge in [0.25, 0.3) is 0 Å². The van der Waals surface area contributed by atoms with E-state index in [4.69, 9.17) is 9.94 Å². The predicted molar refractivity (Wildman–Crippen MR) is 47.6 cm³/mol. The van der Waals surface area contributed by atoms with E-state index in [0.29, 0.717) is 11.4 Å². The Kier molecular flexibility index (Phi) is 2.94. The molecule has 0 aliphatic carbocycles. The van der Waals surface area contributed by atoms with E-state index in [-0.39, 0.29) is 6.10 Å². The molecule has 3 nitrogen and oxygen atoms in total. The Morgan fingerprint density at radius 2 is 2.00 bits per heavy atom. The quantitative estimate of drug-likeness (QED) is 0.678. The Bertz CT molecular complexity index is 248. The Morgan fingerprint density at radius 3 is 2.58 bits per heavy atom. The lowest BCUT2D eigenvalue weighted by atomic mass is 10.3. The third-order valence-electron chi connectivity index (χ3n) is 1.37. The van der Waals surface area contributed by atoms with Crippen molar-refractivity contribution in [1.29, 1.82) is 0 Å². The Hall–Kier alpha value is -1.22. The molecule has 1 rings (SSSR count). The lowest BCUT2D eigenvalue weighted by Crippen LogP contribution is -2.07. The fraction of sp³-hybridized carbons (Fsp3) is 0.333. The summed E-state index contributed by atoms with van der Waals surface area (Å²) in [5.41, 5.74) is 2.66. The van der Waals surface area contributed by atoms with Crippen LogP contribution in [0.2, 0.25) is 0 Å². The first-order valence-corrected chi connectivity index (χ1v) is 3.90. The van der Waals surface area contributed by atoms with Gasteiger partial charge in [0.1, 0.15) is 11.4 Å². The van der Waals surface area contributed by atoms with Gasteiger partial charge in [-0.25, -0.2) is 0 Å². The normalized spacial score (nSPS) is 10.0. The molecule has 2 N–H and O–H groups in total. The molecule has 1 aromatic carbocycles. The van der Waals surface area contributed by atoms with Crippen LogP contribution < -0.4 is 10.2 Å². The molecule has 0 atom stereocenters. The third kappa shape index (κ3) is 2.13. The second-order valence-corrected chi connectivity index (χ2v) is 2.77. The zero-order chi connectivity index (χ0) is 8.97. The number of benzene rings is 1. The largest absolute Gasteiger partial charge is 0.489 e. The SMILES string of the molecule is CC(C)Oc1ccccc1NO. The number of hydrogen-bond donors (Lipinski definition) is 2. The second-order valence-electron chi connectivity index (χ2n) is 2.77. The van der Waals surface area contributed by atoms with Gasteiger partial charge in [-0.05, 0) is 26.0 Å². The summed E-state index contributed by atoms with van der Waals surface area (Å²) in [6.07, 6.45) is 0.111. The molecule has 0 radical (unpaired) electrons. The van der Waals surface area contributed by atoms with Crippen molar-refractivity contribution in [3.8, 4) is 5.75 Å². The highest BCUT2D eigenvalue weighted by Gasteiger charge is 2.02. The lowest BCUT2D eigenvalue weighted by molar-refractivity contribution is 0.241. The molecule has 0 heterocycles. The standard InChI is InChI=1S/C9H13NO2/c1-7(2)12-9-6-4-3-5-8(9)10-11/h3-7,10-11H,1-2H3. The van der Waals surface area contributed by atoms with E-state index in [9.17, 15) is 0 Å². The first-order chi connectivity index (χ1) is 5.74. The van der Waals surface area contributed by atoms with Crippen LogP contribution in [0.3, 0.4) is 0 Å². The van der Waals surface area contributed by atoms with Gasteiger partial charge < -0.3 is 4.74 Å². The van der Waals surface area contributed by atoms with Gasteiger partial charge in [-0.3, -0.25) is 10.7 Å². The van der Waals surface area contributed by atoms with Crippen molar-refractivity contribution in [3.05, 3.63) is 24.3 Å². The van der Waals surface area contributed by atoms with Crippen molar-refractivity contribution >= 4 is 5.69 Å². The van der Waals surface area contributed by atoms with E-state index in [1.165, 1.54) is 0 Å². The van der Waals surface area contributed by atoms with Gasteiger partial charge >= 0.3 is 0 Å². The minimum Gasteiger partial charge on any atom is -0.489 e. The molecule has 1 aromatic rings. The summed E-state index contributed by atoms with van der Waals surface area (Å²) in [6.45, 7) is 3.88. The lowest BCUT2D eigenvalue weighted by Gasteiger charge is -2.12. The Balaban J connectivity index is 2.82. The Morgan fingerprint density at radius 1 is 1.33 bits per heavy atom. The van der Waals surface area contributed by atoms with Crippen LogP contribution in [-0.2, 0) is 0 Å². The highest BCUT2D eigenvalue weighted by Crippen LogP contribution is 2.23. The van der Waals surface area contributed by atoms with Crippen LogP contribution >= 0.6 is 0 Å². The highest BCUT2D eigenvalue weighted by molar-refractivity contribution is 5.54. The topological polar surface area (TPSA) is 41.5 Å². The van der Waals surface area contributed by atoms with Crippen molar-refractivity contribution in [1.82, 2.24) is 0 Å². The third-order valence-corrected chi connectivity index (χ3v) is 1.37. The fourth-order valence-electron chi connectivity index (χ4n) is 0.916. The van der Waals surface area contributed by atoms with Crippen LogP contribution in [0.25, 0.3) is 0 Å². The molecule has 0 unspecified atom stereocenters. The summed E-state index contributed by atoms with van der Waals surface area (Å²) in [7, 11) is 0. The maximum Gasteiger partial charge on any atom is 0.145 e. The summed E-state index contributed by atoms with van der Waals surface area (Å²) >= 11 is 0. The molecule has 0 bridgehead atoms. The van der Waals surface area contributed by atoms with Crippen LogP contribution in [0.5, 0.6) is 5.75 Å². The molecule has 0 saturated carbocycles. The van der Waals surface area contributed by atoms with Crippen molar-refractivity contribution in [2.45, 2.75) is 20.0 Å². The summed E-state index contributed by atoms with van der Waals surface area (Å²) < 4.78 is 5.41. The van der Waals surface area contributed by atoms with Crippen molar-refractivity contribution < 1.29 is 9.94 Å². The van der Waals surface area contributed by atoms with Crippen LogP contribution in [0, 0.1) is 0 Å². The minimum absolute atomic E-state index is 0.111. The molecular formula is C9H13NO2. The van der Waals surface area contributed by atoms with Gasteiger partial charge in [0.05, 0.1) is 6.10 Å². The number of ether oxygens (including phenoxy) is 1. The van der Waals surface area contributed by atoms with Gasteiger partial charge in [0, 0.05) is 0 Å². The molecule has 12 heavy (non-hydrogen) atoms. The van der Waals surface area contributed by atoms with Crippen molar-refractivity contribution in [3.63, 3.8) is 0 Å². The van der Waals surface area contributed by atoms with E-state index in [1.807, 2.05) is 26.0 Å². The first-order valence-electron chi connectivity index (χ1n) is 3.90. The van der Waals surface area contributed by atoms with E-state index >= 15 is 0 Å². The van der Waals surface area contributed by atoms with Crippen LogP contribution in [0.15, 0.2) is 24.3 Å². The molecule has 0 amide bonds. The monoisotopic (exact) mass is 167 g/mol. The number of rotatable bonds is 3. The summed E-state index contributed by atoms with van der Waals surface area (Å²) in [4.78, 5) is 0. The number of para-hydroxylation sites is 2. The molecule has 0 fully saturated rings. The average Bonchev–Trinajstić information content (AvgIpc) is 2.04. The van der Waals surface area contributed by atoms with E-state index in [2.05, 4.69) is 5.48 Å². The van der Waals surface area contributed by atoms with Gasteiger partial charge in [-0.2, -0.15) is 0 Å². The fourth-order valence-corrected chi connectivity index (χ4v) is 0.916. The summed E-state index contributed by atoms with van der Waals surface area (Å²) in [6, 6.07) is 7.24. The molecule has 0 saturated heterocycles. The number of nitrogens with one attached hydrogen (secondary N) is 1. The maximum absolute atomic E-state index is 8.70. The molecule has 0 aliphatic heterocycles. The van der Waals surface area contributed by atoms with E-state index in [0.717, 1.165) is 0 Å². The molecular weight excluding hydrogens is 154 g/mol. The van der Waals surface area contributed by atoms with Gasteiger partial charge in [0.2, 0.25) is 0 Å². The highest BCUT2D eigenvalue weighted by atomic mass is 16.5. The molecule has 0 spiro atoms. The average molecular weight is 167 g/mol. The van der Waals surface area contributed by atoms with Gasteiger partial charge in [-0.15, -0.1) is 0 Å². The summed E-state index contributed by atoms with van der Waals surface area (Å²) in [5, 5.41) is 8.70. The predicted octanol–water partition coefficient (Wildman–Crippen LogP) is 2.27. The summed E-state index contributed by atoms with van der Waals surface area (Å²) in [5.74, 6) is 0.662. The van der Waals surface area contributed by atoms with E-state index in [1.54, 1.807) is 12.1 Å². The minimum atomic E-state index is 0.111. The molecule has 0 aromatic heterocycles. The van der Waals surface area contributed by atoms with Gasteiger partial charge in [0.15, 0.2) is 0 Å². The van der Waals surface area contributed by atoms with Crippen LogP contribution in [-0.4, -0.2) is 11.3 Å². The molecule has 0 aliphatic rings. The zero-order valence-electron chi connectivity index (χ0n) is 7.24. The molecule has 66 valence electrons. The van der Waals surface area contributed by atoms with E-state index < -0.39 is 0 Å². The number of hydrogen-bond acceptors (Lipinski definition) is 3.